The highest BCUT2D eigenvalue weighted by atomic mass is 19.4. The molecule has 2 amide bonds. The molecule has 0 unspecified atom stereocenters. The molecule has 0 aliphatic rings. The molecule has 0 aliphatic heterocycles. The Morgan fingerprint density at radius 3 is 2.65 bits per heavy atom. The van der Waals surface area contributed by atoms with Gasteiger partial charge in [-0.15, -0.1) is 13.2 Å². The van der Waals surface area contributed by atoms with E-state index < -0.39 is 18.1 Å². The molecule has 0 aliphatic carbocycles. The molecular formula is C15H14F3N3O2. The van der Waals surface area contributed by atoms with Crippen molar-refractivity contribution in [1.29, 1.82) is 0 Å². The Morgan fingerprint density at radius 2 is 1.96 bits per heavy atom. The van der Waals surface area contributed by atoms with Gasteiger partial charge in [0, 0.05) is 18.9 Å². The SMILES string of the molecule is O=C(NCCc1cccnc1)Nc1ccccc1OC(F)(F)F. The Kier molecular flexibility index (Phi) is 5.40. The normalized spacial score (nSPS) is 10.9. The van der Waals surface area contributed by atoms with Crippen LogP contribution in [0.25, 0.3) is 0 Å². The van der Waals surface area contributed by atoms with Gasteiger partial charge in [-0.2, -0.15) is 0 Å². The first-order valence-electron chi connectivity index (χ1n) is 6.72. The summed E-state index contributed by atoms with van der Waals surface area (Å²) in [5.74, 6) is -0.470. The smallest absolute Gasteiger partial charge is 0.404 e. The average molecular weight is 325 g/mol. The van der Waals surface area contributed by atoms with E-state index >= 15 is 0 Å². The van der Waals surface area contributed by atoms with Crippen LogP contribution in [0.2, 0.25) is 0 Å². The van der Waals surface area contributed by atoms with Gasteiger partial charge < -0.3 is 15.4 Å². The number of carbonyl (C=O) groups is 1. The maximum absolute atomic E-state index is 12.3. The van der Waals surface area contributed by atoms with Crippen molar-refractivity contribution in [1.82, 2.24) is 10.3 Å². The number of ether oxygens (including phenoxy) is 1. The van der Waals surface area contributed by atoms with Crippen molar-refractivity contribution < 1.29 is 22.7 Å². The lowest BCUT2D eigenvalue weighted by molar-refractivity contribution is -0.274. The predicted octanol–water partition coefficient (Wildman–Crippen LogP) is 3.34. The second-order valence-corrected chi connectivity index (χ2v) is 4.54. The van der Waals surface area contributed by atoms with E-state index in [1.807, 2.05) is 6.07 Å². The molecule has 0 bridgehead atoms. The van der Waals surface area contributed by atoms with Crippen LogP contribution in [0, 0.1) is 0 Å². The molecule has 0 fully saturated rings. The molecule has 0 atom stereocenters. The molecule has 2 rings (SSSR count). The van der Waals surface area contributed by atoms with Crippen LogP contribution in [0.4, 0.5) is 23.7 Å². The maximum atomic E-state index is 12.3. The van der Waals surface area contributed by atoms with Crippen LogP contribution in [-0.4, -0.2) is 23.9 Å². The van der Waals surface area contributed by atoms with Gasteiger partial charge in [-0.1, -0.05) is 18.2 Å². The van der Waals surface area contributed by atoms with Crippen molar-refractivity contribution in [2.75, 3.05) is 11.9 Å². The fourth-order valence-electron chi connectivity index (χ4n) is 1.82. The van der Waals surface area contributed by atoms with Crippen LogP contribution >= 0.6 is 0 Å². The Hall–Kier alpha value is -2.77. The first-order valence-corrected chi connectivity index (χ1v) is 6.72. The molecule has 1 aromatic carbocycles. The fourth-order valence-corrected chi connectivity index (χ4v) is 1.82. The summed E-state index contributed by atoms with van der Waals surface area (Å²) in [6, 6.07) is 8.34. The molecular weight excluding hydrogens is 311 g/mol. The third-order valence-electron chi connectivity index (χ3n) is 2.78. The van der Waals surface area contributed by atoms with Gasteiger partial charge in [-0.25, -0.2) is 4.79 Å². The number of rotatable bonds is 5. The highest BCUT2D eigenvalue weighted by molar-refractivity contribution is 5.90. The van der Waals surface area contributed by atoms with Crippen LogP contribution in [0.5, 0.6) is 5.75 Å². The minimum atomic E-state index is -4.82. The van der Waals surface area contributed by atoms with E-state index in [4.69, 9.17) is 0 Å². The van der Waals surface area contributed by atoms with Crippen molar-refractivity contribution in [3.63, 3.8) is 0 Å². The number of halogens is 3. The number of aromatic nitrogens is 1. The van der Waals surface area contributed by atoms with E-state index in [0.29, 0.717) is 13.0 Å². The number of amides is 2. The highest BCUT2D eigenvalue weighted by Gasteiger charge is 2.32. The monoisotopic (exact) mass is 325 g/mol. The zero-order chi connectivity index (χ0) is 16.7. The third-order valence-corrected chi connectivity index (χ3v) is 2.78. The summed E-state index contributed by atoms with van der Waals surface area (Å²) >= 11 is 0. The van der Waals surface area contributed by atoms with Gasteiger partial charge in [0.05, 0.1) is 5.69 Å². The minimum absolute atomic E-state index is 0.0660. The molecule has 0 radical (unpaired) electrons. The van der Waals surface area contributed by atoms with Crippen molar-refractivity contribution in [3.05, 3.63) is 54.4 Å². The molecule has 122 valence electrons. The Balaban J connectivity index is 1.88. The summed E-state index contributed by atoms with van der Waals surface area (Å²) < 4.78 is 40.7. The fraction of sp³-hybridized carbons (Fsp3) is 0.200. The second kappa shape index (κ2) is 7.48. The Labute approximate surface area is 130 Å². The number of anilines is 1. The summed E-state index contributed by atoms with van der Waals surface area (Å²) in [4.78, 5) is 15.7. The van der Waals surface area contributed by atoms with Gasteiger partial charge in [0.2, 0.25) is 0 Å². The largest absolute Gasteiger partial charge is 0.573 e. The van der Waals surface area contributed by atoms with Crippen molar-refractivity contribution >= 4 is 11.7 Å². The summed E-state index contributed by atoms with van der Waals surface area (Å²) in [7, 11) is 0. The lowest BCUT2D eigenvalue weighted by Crippen LogP contribution is -2.31. The maximum Gasteiger partial charge on any atom is 0.573 e. The molecule has 0 spiro atoms. The summed E-state index contributed by atoms with van der Waals surface area (Å²) in [5, 5.41) is 4.88. The van der Waals surface area contributed by atoms with E-state index in [9.17, 15) is 18.0 Å². The lowest BCUT2D eigenvalue weighted by Gasteiger charge is -2.14. The molecule has 23 heavy (non-hydrogen) atoms. The number of urea groups is 1. The number of pyridine rings is 1. The summed E-state index contributed by atoms with van der Waals surface area (Å²) in [5.41, 5.74) is 0.873. The van der Waals surface area contributed by atoms with E-state index in [0.717, 1.165) is 11.6 Å². The topological polar surface area (TPSA) is 63.2 Å². The molecule has 0 saturated heterocycles. The summed E-state index contributed by atoms with van der Waals surface area (Å²) in [6.45, 7) is 0.319. The first kappa shape index (κ1) is 16.6. The number of carbonyl (C=O) groups excluding carboxylic acids is 1. The zero-order valence-electron chi connectivity index (χ0n) is 11.9. The van der Waals surface area contributed by atoms with Gasteiger partial charge in [0.25, 0.3) is 0 Å². The van der Waals surface area contributed by atoms with Crippen LogP contribution in [0.1, 0.15) is 5.56 Å². The minimum Gasteiger partial charge on any atom is -0.404 e. The number of alkyl halides is 3. The quantitative estimate of drug-likeness (QED) is 0.886. The Morgan fingerprint density at radius 1 is 1.17 bits per heavy atom. The second-order valence-electron chi connectivity index (χ2n) is 4.54. The van der Waals surface area contributed by atoms with Crippen LogP contribution in [-0.2, 0) is 6.42 Å². The zero-order valence-corrected chi connectivity index (χ0v) is 11.9. The van der Waals surface area contributed by atoms with Gasteiger partial charge >= 0.3 is 12.4 Å². The Bertz CT molecular complexity index is 648. The van der Waals surface area contributed by atoms with Crippen molar-refractivity contribution in [3.8, 4) is 5.75 Å². The van der Waals surface area contributed by atoms with Gasteiger partial charge in [-0.3, -0.25) is 4.98 Å². The number of nitrogens with zero attached hydrogens (tertiary/aromatic N) is 1. The molecule has 1 heterocycles. The van der Waals surface area contributed by atoms with Gasteiger partial charge in [0.15, 0.2) is 5.75 Å². The van der Waals surface area contributed by atoms with E-state index in [1.165, 1.54) is 18.2 Å². The average Bonchev–Trinajstić information content (AvgIpc) is 2.49. The van der Waals surface area contributed by atoms with Crippen LogP contribution in [0.3, 0.4) is 0 Å². The molecule has 8 heteroatoms. The van der Waals surface area contributed by atoms with Gasteiger partial charge in [0.1, 0.15) is 0 Å². The molecule has 2 aromatic rings. The third kappa shape index (κ3) is 5.85. The number of benzene rings is 1. The van der Waals surface area contributed by atoms with Gasteiger partial charge in [-0.05, 0) is 30.2 Å². The van der Waals surface area contributed by atoms with E-state index in [2.05, 4.69) is 20.4 Å². The number of para-hydroxylation sites is 2. The summed E-state index contributed by atoms with van der Waals surface area (Å²) in [6.07, 6.45) is -0.955. The lowest BCUT2D eigenvalue weighted by atomic mass is 10.2. The number of hydrogen-bond donors (Lipinski definition) is 2. The molecule has 1 aromatic heterocycles. The molecule has 0 saturated carbocycles. The van der Waals surface area contributed by atoms with E-state index in [-0.39, 0.29) is 5.69 Å². The number of hydrogen-bond acceptors (Lipinski definition) is 3. The van der Waals surface area contributed by atoms with Crippen LogP contribution < -0.4 is 15.4 Å². The predicted molar refractivity (Wildman–Crippen MR) is 78.1 cm³/mol. The number of nitrogens with one attached hydrogen (secondary N) is 2. The highest BCUT2D eigenvalue weighted by Crippen LogP contribution is 2.29. The van der Waals surface area contributed by atoms with E-state index in [1.54, 1.807) is 18.5 Å². The van der Waals surface area contributed by atoms with Crippen molar-refractivity contribution in [2.24, 2.45) is 0 Å². The first-order chi connectivity index (χ1) is 10.9. The van der Waals surface area contributed by atoms with Crippen molar-refractivity contribution in [2.45, 2.75) is 12.8 Å². The van der Waals surface area contributed by atoms with Crippen LogP contribution in [0.15, 0.2) is 48.8 Å². The standard InChI is InChI=1S/C15H14F3N3O2/c16-15(17,18)23-13-6-2-1-5-12(13)21-14(22)20-9-7-11-4-3-8-19-10-11/h1-6,8,10H,7,9H2,(H2,20,21,22). The molecule has 5 nitrogen and oxygen atoms in total. The molecule has 2 N–H and O–H groups in total.